The molecule has 3 N–H and O–H groups in total. The number of carbonyl (C=O) groups excluding carboxylic acids is 2. The van der Waals surface area contributed by atoms with E-state index in [0.29, 0.717) is 83.7 Å². The molecule has 2 saturated carbocycles. The molecule has 13 nitrogen and oxygen atoms in total. The van der Waals surface area contributed by atoms with E-state index in [2.05, 4.69) is 78.5 Å². The third-order valence-corrected chi connectivity index (χ3v) is 16.4. The minimum Gasteiger partial charge on any atom is -1.00 e. The van der Waals surface area contributed by atoms with Gasteiger partial charge in [-0.05, 0) is 175 Å². The Hall–Kier alpha value is -4.84. The van der Waals surface area contributed by atoms with E-state index in [4.69, 9.17) is 16.3 Å². The number of halogens is 1. The van der Waals surface area contributed by atoms with Gasteiger partial charge >= 0.3 is 47.5 Å². The number of thiophene rings is 2. The molecule has 4 aliphatic rings. The number of amides is 2. The van der Waals surface area contributed by atoms with E-state index >= 15 is 0 Å². The van der Waals surface area contributed by atoms with E-state index in [1.165, 1.54) is 11.1 Å². The molecule has 0 radical (unpaired) electrons. The first-order valence-electron chi connectivity index (χ1n) is 26.8. The summed E-state index contributed by atoms with van der Waals surface area (Å²) in [6.07, 6.45) is 17.4. The molecule has 0 bridgehead atoms. The van der Waals surface area contributed by atoms with E-state index in [1.807, 2.05) is 53.7 Å². The third-order valence-electron chi connectivity index (χ3n) is 14.1. The maximum atomic E-state index is 14.2. The molecule has 414 valence electrons. The first-order valence-corrected chi connectivity index (χ1v) is 28.8. The number of aliphatic hydroxyl groups is 1. The predicted octanol–water partition coefficient (Wildman–Crippen LogP) is 10.7. The van der Waals surface area contributed by atoms with Crippen molar-refractivity contribution in [1.82, 2.24) is 15.0 Å². The molecule has 4 aromatic rings. The molecule has 8 rings (SSSR count). The molecule has 4 aromatic heterocycles. The number of aromatic nitrogens is 3. The molecule has 0 spiro atoms. The fourth-order valence-electron chi connectivity index (χ4n) is 10.2. The maximum Gasteiger partial charge on any atom is 1.00 e. The summed E-state index contributed by atoms with van der Waals surface area (Å²) in [6, 6.07) is 10.9. The number of rotatable bonds is 10. The molecule has 0 aromatic carbocycles. The smallest absolute Gasteiger partial charge is 1.00 e. The average Bonchev–Trinajstić information content (AvgIpc) is 4.04. The minimum absolute atomic E-state index is 0. The summed E-state index contributed by atoms with van der Waals surface area (Å²) < 4.78 is 5.98. The topological polar surface area (TPSA) is 183 Å². The molecule has 2 fully saturated rings. The molecule has 0 unspecified atom stereocenters. The van der Waals surface area contributed by atoms with Gasteiger partial charge in [-0.15, -0.1) is 22.7 Å². The molecule has 4 aliphatic carbocycles. The molecule has 0 saturated heterocycles. The normalized spacial score (nSPS) is 22.9. The quantitative estimate of drug-likeness (QED) is 0.0594. The molecule has 2 amide bonds. The number of hydrogen-bond acceptors (Lipinski definition) is 11. The summed E-state index contributed by atoms with van der Waals surface area (Å²) in [5, 5.41) is 30.6. The van der Waals surface area contributed by atoms with Gasteiger partial charge in [-0.1, -0.05) is 78.5 Å². The van der Waals surface area contributed by atoms with Crippen molar-refractivity contribution in [2.75, 3.05) is 9.80 Å². The Balaban J connectivity index is 0.000000299. The number of carbonyl (C=O) groups is 4. The zero-order chi connectivity index (χ0) is 56.2. The Morgan fingerprint density at radius 3 is 1.45 bits per heavy atom. The van der Waals surface area contributed by atoms with E-state index < -0.39 is 11.9 Å². The van der Waals surface area contributed by atoms with E-state index in [-0.39, 0.29) is 111 Å². The summed E-state index contributed by atoms with van der Waals surface area (Å²) in [7, 11) is 0. The molecular formula is C61H77ClN5NaO8S2. The zero-order valence-corrected chi connectivity index (χ0v) is 51.7. The largest absolute Gasteiger partial charge is 1.00 e. The second-order valence-electron chi connectivity index (χ2n) is 23.0. The fraction of sp³-hybridized carbons (Fsp3) is 0.525. The van der Waals surface area contributed by atoms with Crippen LogP contribution in [0.1, 0.15) is 177 Å². The Morgan fingerprint density at radius 2 is 1.09 bits per heavy atom. The van der Waals surface area contributed by atoms with Crippen LogP contribution in [0.15, 0.2) is 78.3 Å². The van der Waals surface area contributed by atoms with Crippen LogP contribution in [0.2, 0.25) is 5.15 Å². The van der Waals surface area contributed by atoms with Crippen LogP contribution in [-0.4, -0.2) is 78.3 Å². The monoisotopic (exact) mass is 1130 g/mol. The third kappa shape index (κ3) is 18.6. The summed E-state index contributed by atoms with van der Waals surface area (Å²) in [6.45, 7) is 20.5. The van der Waals surface area contributed by atoms with Gasteiger partial charge in [0, 0.05) is 53.3 Å². The van der Waals surface area contributed by atoms with Crippen LogP contribution in [0.4, 0.5) is 11.4 Å². The Bertz CT molecular complexity index is 2880. The van der Waals surface area contributed by atoms with Gasteiger partial charge in [0.2, 0.25) is 11.8 Å². The number of hydrogen-bond donors (Lipinski definition) is 3. The van der Waals surface area contributed by atoms with Gasteiger partial charge in [-0.3, -0.25) is 9.59 Å². The van der Waals surface area contributed by atoms with Gasteiger partial charge in [0.25, 0.3) is 0 Å². The van der Waals surface area contributed by atoms with Crippen molar-refractivity contribution >= 4 is 69.4 Å². The van der Waals surface area contributed by atoms with Crippen LogP contribution >= 0.6 is 34.3 Å². The molecule has 78 heavy (non-hydrogen) atoms. The number of aromatic carboxylic acids is 2. The van der Waals surface area contributed by atoms with Crippen molar-refractivity contribution in [1.29, 1.82) is 0 Å². The molecule has 4 atom stereocenters. The second-order valence-corrected chi connectivity index (χ2v) is 25.5. The van der Waals surface area contributed by atoms with E-state index in [1.54, 1.807) is 52.7 Å². The number of nitrogens with zero attached hydrogens (tertiary/aromatic N) is 5. The van der Waals surface area contributed by atoms with Crippen molar-refractivity contribution < 1.29 is 70.2 Å². The SMILES string of the molecule is CC1=CC[C@H](C(=O)N(c2cc(C#CC(C)(C)C)sc2C(=O)O)C2CCC(O)CC2)[C@@H](C)C1.CC1=CC[C@H](C(=O)N(c2cc(C#CC(C)(C)C)sc2C(=O)O)C2CCC(Oc3ncccn3)CC2)[C@@H](C)C1.Clc1ccccn1.[H-].[Na+]. The van der Waals surface area contributed by atoms with Crippen LogP contribution in [0.3, 0.4) is 0 Å². The standard InChI is InChI=1S/C30H37N3O4S.C26H35NO4S.C5H4ClN.Na.H/c1-19-7-12-24(20(2)17-19)27(34)33(21-8-10-22(11-9-21)37-29-31-15-6-16-32-29)25-18-23(13-14-30(3,4)5)38-26(25)28(35)36;1-16-6-11-21(17(2)14-16)24(29)27(18-7-9-19(28)10-8-18)22-15-20(12-13-26(3,4)5)32-23(22)25(30)31;6-5-3-1-2-4-7-5;;/h6-7,15-16,18,20-22,24H,8-12,17H2,1-5H3,(H,35,36);6,15,17-19,21,28H,7-11,14H2,1-5H3,(H,30,31);1-4H;;/q;;;+1;-1/t20-,21?,22?,24-;17-,18?,19?,21-;;;/m00.../s1. The van der Waals surface area contributed by atoms with Crippen molar-refractivity contribution in [3.8, 4) is 29.7 Å². The maximum absolute atomic E-state index is 14.2. The summed E-state index contributed by atoms with van der Waals surface area (Å²) in [5.74, 6) is 10.6. The van der Waals surface area contributed by atoms with Crippen molar-refractivity contribution in [3.63, 3.8) is 0 Å². The first-order chi connectivity index (χ1) is 36.4. The van der Waals surface area contributed by atoms with Gasteiger partial charge in [-0.2, -0.15) is 0 Å². The van der Waals surface area contributed by atoms with Gasteiger partial charge in [0.1, 0.15) is 21.0 Å². The van der Waals surface area contributed by atoms with Crippen molar-refractivity contribution in [3.05, 3.63) is 103 Å². The summed E-state index contributed by atoms with van der Waals surface area (Å²) in [4.78, 5) is 69.9. The number of carboxylic acid groups (broad SMARTS) is 2. The van der Waals surface area contributed by atoms with Gasteiger partial charge in [-0.25, -0.2) is 24.5 Å². The number of pyridine rings is 1. The zero-order valence-electron chi connectivity index (χ0n) is 48.3. The number of ether oxygens (including phenoxy) is 1. The summed E-state index contributed by atoms with van der Waals surface area (Å²) in [5.41, 5.74) is 3.12. The summed E-state index contributed by atoms with van der Waals surface area (Å²) >= 11 is 7.71. The number of anilines is 2. The van der Waals surface area contributed by atoms with Crippen LogP contribution in [-0.2, 0) is 9.59 Å². The predicted molar refractivity (Wildman–Crippen MR) is 309 cm³/mol. The van der Waals surface area contributed by atoms with Crippen LogP contribution in [0.5, 0.6) is 6.01 Å². The molecule has 0 aliphatic heterocycles. The molecule has 17 heteroatoms. The van der Waals surface area contributed by atoms with Crippen LogP contribution < -0.4 is 44.1 Å². The van der Waals surface area contributed by atoms with Crippen LogP contribution in [0.25, 0.3) is 0 Å². The van der Waals surface area contributed by atoms with Gasteiger partial charge < -0.3 is 31.3 Å². The van der Waals surface area contributed by atoms with Gasteiger partial charge in [0.05, 0.1) is 27.2 Å². The number of carboxylic acids is 2. The molecular weight excluding hydrogens is 1050 g/mol. The van der Waals surface area contributed by atoms with E-state index in [9.17, 15) is 34.5 Å². The Morgan fingerprint density at radius 1 is 0.667 bits per heavy atom. The minimum atomic E-state index is -1.03. The number of aliphatic hydroxyl groups excluding tert-OH is 1. The van der Waals surface area contributed by atoms with Crippen LogP contribution in [0, 0.1) is 58.2 Å². The average molecular weight is 1130 g/mol. The first kappa shape index (κ1) is 64.0. The number of allylic oxidation sites excluding steroid dienone is 4. The van der Waals surface area contributed by atoms with Crippen molar-refractivity contribution in [2.45, 2.75) is 171 Å². The fourth-order valence-corrected chi connectivity index (χ4v) is 12.1. The Kier molecular flexibility index (Phi) is 23.8. The Labute approximate surface area is 498 Å². The second kappa shape index (κ2) is 29.0. The van der Waals surface area contributed by atoms with Crippen molar-refractivity contribution in [2.24, 2.45) is 34.5 Å². The molecule has 4 heterocycles. The van der Waals surface area contributed by atoms with Gasteiger partial charge in [0.15, 0.2) is 0 Å². The van der Waals surface area contributed by atoms with E-state index in [0.717, 1.165) is 48.4 Å².